The van der Waals surface area contributed by atoms with E-state index < -0.39 is 24.4 Å². The van der Waals surface area contributed by atoms with Crippen molar-refractivity contribution in [1.82, 2.24) is 39.5 Å². The Morgan fingerprint density at radius 1 is 0.310 bits per heavy atom. The average molecular weight is 1930 g/mol. The SMILES string of the molecule is CCc1cnc(-c2cc3c(OC[C@@H](O)CN4CCC(c5ccc6c(c5)OCO6)CC4)cccc3o2)o1.CCc1cnc(-c2cc3c(OC[C@@H](O)CN4CCC(c5ccc6c(c5)OCO6)CC4)cccc3o2)o1.Cc1cnc(-c2cc3c(OC[C@@H](O)CN4CCC(c5ccc6c(c5)CCO6)CC4)cccc3o2)o1.Cc1cnc(-c2cc3c(OC[C@@H](O)CN4CCC(c5ccc6c(c5)OCO6)CC4)cccc3o2)o1. The molecule has 0 unspecified atom stereocenters. The number of β-amino-alcohol motifs (C(OH)–C–C–N with tert-alkyl or cyclic N) is 4. The number of fused-ring (bicyclic) bond motifs is 8. The van der Waals surface area contributed by atoms with Gasteiger partial charge in [0.25, 0.3) is 23.6 Å². The highest BCUT2D eigenvalue weighted by molar-refractivity contribution is 5.90. The summed E-state index contributed by atoms with van der Waals surface area (Å²) in [7, 11) is 0. The first-order valence-electron chi connectivity index (χ1n) is 49.5. The van der Waals surface area contributed by atoms with Gasteiger partial charge in [0.1, 0.15) is 125 Å². The Labute approximate surface area is 820 Å². The lowest BCUT2D eigenvalue weighted by Crippen LogP contribution is -2.40. The van der Waals surface area contributed by atoms with Crippen LogP contribution in [0.4, 0.5) is 0 Å². The molecule has 740 valence electrons. The number of hydrogen-bond acceptors (Lipinski definition) is 31. The van der Waals surface area contributed by atoms with E-state index in [1.54, 1.807) is 24.8 Å². The number of furan rings is 4. The molecule has 4 fully saturated rings. The van der Waals surface area contributed by atoms with Crippen molar-refractivity contribution in [3.8, 4) is 110 Å². The van der Waals surface area contributed by atoms with Gasteiger partial charge in [-0.25, -0.2) is 19.9 Å². The first-order valence-corrected chi connectivity index (χ1v) is 49.5. The zero-order chi connectivity index (χ0) is 96.5. The summed E-state index contributed by atoms with van der Waals surface area (Å²) in [6.45, 7) is 20.2. The minimum Gasteiger partial charge on any atom is -0.493 e. The molecular weight excluding hydrogens is 1810 g/mol. The zero-order valence-electron chi connectivity index (χ0n) is 80.1. The summed E-state index contributed by atoms with van der Waals surface area (Å²) in [6, 6.07) is 55.5. The van der Waals surface area contributed by atoms with E-state index in [-0.39, 0.29) is 26.4 Å². The van der Waals surface area contributed by atoms with E-state index in [9.17, 15) is 20.4 Å². The summed E-state index contributed by atoms with van der Waals surface area (Å²) in [5.41, 5.74) is 9.43. The lowest BCUT2D eigenvalue weighted by Gasteiger charge is -2.33. The third-order valence-electron chi connectivity index (χ3n) is 27.7. The lowest BCUT2D eigenvalue weighted by atomic mass is 9.88. The van der Waals surface area contributed by atoms with Crippen molar-refractivity contribution >= 4 is 43.9 Å². The molecule has 0 bridgehead atoms. The Balaban J connectivity index is 0.000000112. The second-order valence-corrected chi connectivity index (χ2v) is 37.6. The van der Waals surface area contributed by atoms with E-state index in [0.29, 0.717) is 162 Å². The molecule has 31 heteroatoms. The molecule has 0 saturated carbocycles. The van der Waals surface area contributed by atoms with Gasteiger partial charge in [0, 0.05) is 69.7 Å². The summed E-state index contributed by atoms with van der Waals surface area (Å²) in [6.07, 6.45) is 15.5. The second kappa shape index (κ2) is 43.4. The number of rotatable bonds is 30. The number of ether oxygens (including phenoxy) is 11. The normalized spacial score (nSPS) is 17.2. The van der Waals surface area contributed by atoms with E-state index >= 15 is 0 Å². The van der Waals surface area contributed by atoms with Gasteiger partial charge < -0.3 is 127 Å². The van der Waals surface area contributed by atoms with Crippen molar-refractivity contribution in [2.45, 2.75) is 146 Å². The molecule has 8 aliphatic heterocycles. The van der Waals surface area contributed by atoms with Gasteiger partial charge in [-0.1, -0.05) is 68.4 Å². The maximum absolute atomic E-state index is 10.7. The van der Waals surface area contributed by atoms with Gasteiger partial charge in [0.2, 0.25) is 20.4 Å². The summed E-state index contributed by atoms with van der Waals surface area (Å²) < 4.78 is 109. The summed E-state index contributed by atoms with van der Waals surface area (Å²) >= 11 is 0. The highest BCUT2D eigenvalue weighted by atomic mass is 16.7. The minimum atomic E-state index is -0.590. The van der Waals surface area contributed by atoms with Crippen LogP contribution in [0.3, 0.4) is 0 Å². The zero-order valence-corrected chi connectivity index (χ0v) is 80.1. The van der Waals surface area contributed by atoms with Crippen molar-refractivity contribution in [2.75, 3.05) is 132 Å². The number of nitrogens with zero attached hydrogens (tertiary/aromatic N) is 8. The third kappa shape index (κ3) is 22.3. The first kappa shape index (κ1) is 94.5. The Kier molecular flexibility index (Phi) is 28.9. The molecule has 4 N–H and O–H groups in total. The van der Waals surface area contributed by atoms with E-state index in [1.807, 2.05) is 143 Å². The fourth-order valence-electron chi connectivity index (χ4n) is 20.1. The van der Waals surface area contributed by atoms with E-state index in [1.165, 1.54) is 27.8 Å². The highest BCUT2D eigenvalue weighted by Gasteiger charge is 2.33. The second-order valence-electron chi connectivity index (χ2n) is 37.6. The van der Waals surface area contributed by atoms with Crippen LogP contribution in [0.15, 0.2) is 230 Å². The molecule has 16 aromatic rings. The van der Waals surface area contributed by atoms with Gasteiger partial charge in [0.05, 0.1) is 52.9 Å². The average Bonchev–Trinajstić information content (AvgIpc) is 1.63. The van der Waals surface area contributed by atoms with Crippen LogP contribution >= 0.6 is 0 Å². The van der Waals surface area contributed by atoms with Crippen LogP contribution in [-0.2, 0) is 19.3 Å². The minimum absolute atomic E-state index is 0.208. The van der Waals surface area contributed by atoms with Crippen molar-refractivity contribution in [1.29, 1.82) is 0 Å². The molecule has 24 rings (SSSR count). The molecule has 0 radical (unpaired) electrons. The summed E-state index contributed by atoms with van der Waals surface area (Å²) in [5, 5.41) is 46.1. The lowest BCUT2D eigenvalue weighted by molar-refractivity contribution is 0.0598. The Morgan fingerprint density at radius 2 is 0.592 bits per heavy atom. The van der Waals surface area contributed by atoms with Crippen LogP contribution in [0, 0.1) is 13.8 Å². The molecule has 4 atom stereocenters. The molecule has 16 heterocycles. The van der Waals surface area contributed by atoms with Crippen LogP contribution in [0.2, 0.25) is 0 Å². The monoisotopic (exact) mass is 1930 g/mol. The number of oxazole rings is 4. The number of hydrogen-bond donors (Lipinski definition) is 4. The fraction of sp³-hybridized carbons (Fsp3) is 0.387. The van der Waals surface area contributed by atoms with Gasteiger partial charge in [0.15, 0.2) is 57.5 Å². The molecule has 142 heavy (non-hydrogen) atoms. The standard InChI is InChI=1S/2C28H30N2O6.C28H30N2O5.C27H28N2O6/c2*1-2-21-14-29-28(35-21)27-13-22-23(4-3-5-24(22)36-27)32-16-20(31)15-30-10-8-18(9-11-30)19-6-7-25-26(12-19)34-17-33-25;1-18-15-29-28(34-18)27-14-23-25(3-2-4-26(23)35-27)33-17-22(31)16-30-10-7-19(8-11-30)20-5-6-24-21(13-20)9-12-32-24;1-17-13-28-27(34-17)26-12-21-22(3-2-4-23(21)35-26)31-15-20(30)14-29-9-7-18(8-10-29)19-5-6-24-25(11-19)33-16-32-24/h2*3-7,12-14,18,20,31H,2,8-11,15-17H2,1H3;2-6,13-15,19,22,31H,7-12,16-17H2,1H3;2-6,11-13,18,20,30H,7-10,14-16H2,1H3/t2*20-;22-;20-/m0000/s1. The maximum atomic E-state index is 10.7. The Hall–Kier alpha value is -13.8. The topological polar surface area (TPSA) is 352 Å². The summed E-state index contributed by atoms with van der Waals surface area (Å²) in [4.78, 5) is 26.3. The Morgan fingerprint density at radius 3 is 0.880 bits per heavy atom. The largest absolute Gasteiger partial charge is 0.493 e. The number of piperidine rings is 4. The molecule has 0 amide bonds. The predicted octanol–water partition coefficient (Wildman–Crippen LogP) is 19.7. The maximum Gasteiger partial charge on any atom is 0.263 e. The molecule has 8 aromatic carbocycles. The smallest absolute Gasteiger partial charge is 0.263 e. The van der Waals surface area contributed by atoms with Gasteiger partial charge in [-0.15, -0.1) is 0 Å². The van der Waals surface area contributed by atoms with Crippen LogP contribution < -0.4 is 52.1 Å². The molecule has 8 aromatic heterocycles. The predicted molar refractivity (Wildman–Crippen MR) is 528 cm³/mol. The number of aryl methyl sites for hydroxylation is 4. The van der Waals surface area contributed by atoms with Crippen molar-refractivity contribution in [2.24, 2.45) is 0 Å². The van der Waals surface area contributed by atoms with Crippen molar-refractivity contribution < 1.29 is 108 Å². The molecule has 8 aliphatic rings. The molecule has 4 saturated heterocycles. The highest BCUT2D eigenvalue weighted by Crippen LogP contribution is 2.45. The van der Waals surface area contributed by atoms with Crippen LogP contribution in [0.1, 0.15) is 140 Å². The third-order valence-corrected chi connectivity index (χ3v) is 27.7. The number of aliphatic hydroxyl groups is 4. The Bertz CT molecular complexity index is 6540. The van der Waals surface area contributed by atoms with Gasteiger partial charge >= 0.3 is 0 Å². The molecule has 31 nitrogen and oxygen atoms in total. The van der Waals surface area contributed by atoms with E-state index in [0.717, 1.165) is 214 Å². The molecular formula is C111H118N8O23. The van der Waals surface area contributed by atoms with Gasteiger partial charge in [-0.05, 0) is 260 Å². The fourth-order valence-corrected chi connectivity index (χ4v) is 20.1. The molecule has 0 aliphatic carbocycles. The first-order chi connectivity index (χ1) is 69.6. The van der Waals surface area contributed by atoms with Gasteiger partial charge in [-0.2, -0.15) is 0 Å². The van der Waals surface area contributed by atoms with Crippen LogP contribution in [0.25, 0.3) is 90.5 Å². The van der Waals surface area contributed by atoms with Crippen LogP contribution in [-0.4, -0.2) is 216 Å². The van der Waals surface area contributed by atoms with E-state index in [2.05, 4.69) is 94.1 Å². The van der Waals surface area contributed by atoms with Crippen molar-refractivity contribution in [3.05, 3.63) is 246 Å². The quantitative estimate of drug-likeness (QED) is 0.0325. The number of likely N-dealkylation sites (tertiary alicyclic amines) is 4. The van der Waals surface area contributed by atoms with Gasteiger partial charge in [-0.3, -0.25) is 0 Å². The summed E-state index contributed by atoms with van der Waals surface area (Å²) in [5.74, 6) is 17.9. The number of aromatic nitrogens is 4. The van der Waals surface area contributed by atoms with E-state index in [4.69, 9.17) is 87.4 Å². The number of aliphatic hydroxyl groups excluding tert-OH is 4. The molecule has 0 spiro atoms. The van der Waals surface area contributed by atoms with Crippen LogP contribution in [0.5, 0.6) is 63.2 Å². The van der Waals surface area contributed by atoms with Crippen molar-refractivity contribution in [3.63, 3.8) is 0 Å². The number of benzene rings is 8.